The molecule has 20 heavy (non-hydrogen) atoms. The lowest BCUT2D eigenvalue weighted by atomic mass is 10.1. The monoisotopic (exact) mass is 296 g/mol. The maximum absolute atomic E-state index is 11.7. The van der Waals surface area contributed by atoms with E-state index in [0.717, 1.165) is 31.9 Å². The number of rotatable bonds is 5. The van der Waals surface area contributed by atoms with Gasteiger partial charge in [0.15, 0.2) is 0 Å². The molecule has 1 aromatic rings. The Morgan fingerprint density at radius 1 is 1.30 bits per heavy atom. The topological polar surface area (TPSA) is 32.8 Å². The van der Waals surface area contributed by atoms with Gasteiger partial charge < -0.3 is 14.5 Å². The average molecular weight is 297 g/mol. The number of anilines is 1. The summed E-state index contributed by atoms with van der Waals surface area (Å²) in [5.41, 5.74) is 2.35. The summed E-state index contributed by atoms with van der Waals surface area (Å²) in [6.07, 6.45) is 0.393. The van der Waals surface area contributed by atoms with Crippen molar-refractivity contribution in [3.8, 4) is 0 Å². The molecule has 1 aromatic carbocycles. The molecule has 1 saturated heterocycles. The number of benzene rings is 1. The number of carbonyl (C=O) groups excluding carboxylic acids is 1. The van der Waals surface area contributed by atoms with Crippen LogP contribution in [0.3, 0.4) is 0 Å². The number of carbonyl (C=O) groups is 1. The molecule has 0 aromatic heterocycles. The molecule has 0 radical (unpaired) electrons. The summed E-state index contributed by atoms with van der Waals surface area (Å²) in [4.78, 5) is 15.7. The van der Waals surface area contributed by atoms with Crippen molar-refractivity contribution >= 4 is 23.2 Å². The molecule has 1 aliphatic heterocycles. The van der Waals surface area contributed by atoms with E-state index in [1.165, 1.54) is 5.69 Å². The van der Waals surface area contributed by atoms with Crippen molar-refractivity contribution in [1.29, 1.82) is 0 Å². The Bertz CT molecular complexity index is 430. The van der Waals surface area contributed by atoms with Crippen molar-refractivity contribution in [2.24, 2.45) is 0 Å². The summed E-state index contributed by atoms with van der Waals surface area (Å²) in [6, 6.07) is 8.38. The molecule has 0 bridgehead atoms. The van der Waals surface area contributed by atoms with Gasteiger partial charge in [0, 0.05) is 44.7 Å². The second-order valence-electron chi connectivity index (χ2n) is 4.95. The highest BCUT2D eigenvalue weighted by Gasteiger charge is 2.12. The van der Waals surface area contributed by atoms with Crippen LogP contribution in [0.2, 0.25) is 0 Å². The minimum atomic E-state index is 0.0808. The molecule has 0 atom stereocenters. The molecule has 0 N–H and O–H groups in total. The molecule has 110 valence electrons. The first-order valence-corrected chi connectivity index (χ1v) is 7.45. The maximum Gasteiger partial charge on any atom is 0.223 e. The van der Waals surface area contributed by atoms with Gasteiger partial charge >= 0.3 is 0 Å². The van der Waals surface area contributed by atoms with E-state index in [1.54, 1.807) is 4.90 Å². The van der Waals surface area contributed by atoms with Gasteiger partial charge in [0.25, 0.3) is 0 Å². The molecule has 0 spiro atoms. The Morgan fingerprint density at radius 2 is 1.95 bits per heavy atom. The van der Waals surface area contributed by atoms with E-state index < -0.39 is 0 Å². The number of nitrogens with zero attached hydrogens (tertiary/aromatic N) is 2. The first-order valence-electron chi connectivity index (χ1n) is 6.92. The van der Waals surface area contributed by atoms with Crippen molar-refractivity contribution in [1.82, 2.24) is 4.90 Å². The Balaban J connectivity index is 1.92. The predicted octanol–water partition coefficient (Wildman–Crippen LogP) is 2.11. The highest BCUT2D eigenvalue weighted by atomic mass is 35.5. The summed E-state index contributed by atoms with van der Waals surface area (Å²) in [7, 11) is 1.81. The fraction of sp³-hybridized carbons (Fsp3) is 0.533. The van der Waals surface area contributed by atoms with Crippen LogP contribution >= 0.6 is 11.6 Å². The standard InChI is InChI=1S/C15H21ClN2O2/c1-17(15(19)6-7-16)12-13-2-4-14(5-3-13)18-8-10-20-11-9-18/h2-5H,6-12H2,1H3. The lowest BCUT2D eigenvalue weighted by Gasteiger charge is -2.29. The van der Waals surface area contributed by atoms with Gasteiger partial charge in [-0.15, -0.1) is 11.6 Å². The molecule has 1 amide bonds. The van der Waals surface area contributed by atoms with E-state index in [4.69, 9.17) is 16.3 Å². The smallest absolute Gasteiger partial charge is 0.223 e. The highest BCUT2D eigenvalue weighted by molar-refractivity contribution is 6.18. The van der Waals surface area contributed by atoms with E-state index in [1.807, 2.05) is 7.05 Å². The quantitative estimate of drug-likeness (QED) is 0.780. The zero-order valence-electron chi connectivity index (χ0n) is 11.8. The number of amides is 1. The highest BCUT2D eigenvalue weighted by Crippen LogP contribution is 2.17. The number of alkyl halides is 1. The molecule has 5 heteroatoms. The van der Waals surface area contributed by atoms with E-state index >= 15 is 0 Å². The Hall–Kier alpha value is -1.26. The Labute approximate surface area is 125 Å². The van der Waals surface area contributed by atoms with Gasteiger partial charge in [0.2, 0.25) is 5.91 Å². The Kier molecular flexibility index (Phi) is 5.68. The number of hydrogen-bond acceptors (Lipinski definition) is 3. The van der Waals surface area contributed by atoms with Crippen LogP contribution in [0.25, 0.3) is 0 Å². The van der Waals surface area contributed by atoms with Crippen molar-refractivity contribution in [3.05, 3.63) is 29.8 Å². The zero-order valence-corrected chi connectivity index (χ0v) is 12.6. The van der Waals surface area contributed by atoms with E-state index in [2.05, 4.69) is 29.2 Å². The molecule has 1 aliphatic rings. The third-order valence-electron chi connectivity index (χ3n) is 3.47. The minimum absolute atomic E-state index is 0.0808. The summed E-state index contributed by atoms with van der Waals surface area (Å²) in [5.74, 6) is 0.455. The molecular weight excluding hydrogens is 276 g/mol. The molecule has 1 heterocycles. The zero-order chi connectivity index (χ0) is 14.4. The summed E-state index contributed by atoms with van der Waals surface area (Å²) >= 11 is 5.59. The third kappa shape index (κ3) is 4.12. The average Bonchev–Trinajstić information content (AvgIpc) is 2.49. The van der Waals surface area contributed by atoms with E-state index in [0.29, 0.717) is 18.8 Å². The number of halogens is 1. The van der Waals surface area contributed by atoms with Gasteiger partial charge in [-0.1, -0.05) is 12.1 Å². The Morgan fingerprint density at radius 3 is 2.55 bits per heavy atom. The summed E-state index contributed by atoms with van der Waals surface area (Å²) in [5, 5.41) is 0. The SMILES string of the molecule is CN(Cc1ccc(N2CCOCC2)cc1)C(=O)CCCl. The molecule has 0 saturated carbocycles. The van der Waals surface area contributed by atoms with Crippen molar-refractivity contribution in [2.75, 3.05) is 44.1 Å². The number of ether oxygens (including phenoxy) is 1. The maximum atomic E-state index is 11.7. The second kappa shape index (κ2) is 7.50. The molecule has 0 unspecified atom stereocenters. The van der Waals surface area contributed by atoms with Crippen LogP contribution in [0, 0.1) is 0 Å². The fourth-order valence-corrected chi connectivity index (χ4v) is 2.43. The van der Waals surface area contributed by atoms with Crippen LogP contribution in [0.15, 0.2) is 24.3 Å². The lowest BCUT2D eigenvalue weighted by molar-refractivity contribution is -0.129. The molecule has 4 nitrogen and oxygen atoms in total. The number of morpholine rings is 1. The lowest BCUT2D eigenvalue weighted by Crippen LogP contribution is -2.36. The van der Waals surface area contributed by atoms with Gasteiger partial charge in [-0.2, -0.15) is 0 Å². The predicted molar refractivity (Wildman–Crippen MR) is 81.3 cm³/mol. The summed E-state index contributed by atoms with van der Waals surface area (Å²) < 4.78 is 5.35. The molecule has 2 rings (SSSR count). The van der Waals surface area contributed by atoms with Crippen LogP contribution in [0.1, 0.15) is 12.0 Å². The largest absolute Gasteiger partial charge is 0.378 e. The first-order chi connectivity index (χ1) is 9.70. The van der Waals surface area contributed by atoms with Crippen LogP contribution in [-0.2, 0) is 16.1 Å². The van der Waals surface area contributed by atoms with E-state index in [-0.39, 0.29) is 5.91 Å². The minimum Gasteiger partial charge on any atom is -0.378 e. The van der Waals surface area contributed by atoms with Gasteiger partial charge in [-0.05, 0) is 17.7 Å². The molecular formula is C15H21ClN2O2. The molecule has 1 fully saturated rings. The second-order valence-corrected chi connectivity index (χ2v) is 5.33. The normalized spacial score (nSPS) is 15.2. The fourth-order valence-electron chi connectivity index (χ4n) is 2.27. The summed E-state index contributed by atoms with van der Waals surface area (Å²) in [6.45, 7) is 4.08. The molecule has 0 aliphatic carbocycles. The van der Waals surface area contributed by atoms with Crippen LogP contribution < -0.4 is 4.90 Å². The van der Waals surface area contributed by atoms with Crippen molar-refractivity contribution in [2.45, 2.75) is 13.0 Å². The van der Waals surface area contributed by atoms with Gasteiger partial charge in [0.1, 0.15) is 0 Å². The van der Waals surface area contributed by atoms with E-state index in [9.17, 15) is 4.79 Å². The third-order valence-corrected chi connectivity index (χ3v) is 3.66. The van der Waals surface area contributed by atoms with Gasteiger partial charge in [0.05, 0.1) is 13.2 Å². The first kappa shape index (κ1) is 15.1. The number of hydrogen-bond donors (Lipinski definition) is 0. The van der Waals surface area contributed by atoms with Gasteiger partial charge in [-0.3, -0.25) is 4.79 Å². The van der Waals surface area contributed by atoms with Crippen molar-refractivity contribution < 1.29 is 9.53 Å². The van der Waals surface area contributed by atoms with Crippen molar-refractivity contribution in [3.63, 3.8) is 0 Å². The van der Waals surface area contributed by atoms with Gasteiger partial charge in [-0.25, -0.2) is 0 Å². The van der Waals surface area contributed by atoms with Crippen LogP contribution in [0.4, 0.5) is 5.69 Å². The van der Waals surface area contributed by atoms with Crippen LogP contribution in [-0.4, -0.2) is 50.0 Å². The van der Waals surface area contributed by atoms with Crippen LogP contribution in [0.5, 0.6) is 0 Å².